The van der Waals surface area contributed by atoms with Gasteiger partial charge in [0.25, 0.3) is 0 Å². The number of rotatable bonds is 5. The van der Waals surface area contributed by atoms with Gasteiger partial charge in [0.05, 0.1) is 13.0 Å². The quantitative estimate of drug-likeness (QED) is 0.874. The largest absolute Gasteiger partial charge is 0.351 e. The molecule has 2 aromatic rings. The van der Waals surface area contributed by atoms with Gasteiger partial charge in [-0.25, -0.2) is 13.6 Å². The first-order valence-corrected chi connectivity index (χ1v) is 8.65. The molecule has 2 rings (SSSR count). The van der Waals surface area contributed by atoms with Gasteiger partial charge in [0, 0.05) is 4.88 Å². The van der Waals surface area contributed by atoms with E-state index in [-0.39, 0.29) is 10.1 Å². The average molecular weight is 324 g/mol. The Balaban J connectivity index is 1.93. The van der Waals surface area contributed by atoms with Crippen molar-refractivity contribution in [3.63, 3.8) is 0 Å². The fourth-order valence-electron chi connectivity index (χ4n) is 1.84. The lowest BCUT2D eigenvalue weighted by atomic mass is 10.1. The van der Waals surface area contributed by atoms with E-state index in [1.165, 1.54) is 6.07 Å². The first kappa shape index (κ1) is 15.7. The number of nitrogens with two attached hydrogens (primary N) is 1. The summed E-state index contributed by atoms with van der Waals surface area (Å²) < 4.78 is 22.4. The number of nitrogens with one attached hydrogen (secondary N) is 1. The van der Waals surface area contributed by atoms with E-state index in [4.69, 9.17) is 5.14 Å². The maximum Gasteiger partial charge on any atom is 0.247 e. The third-order valence-electron chi connectivity index (χ3n) is 2.99. The van der Waals surface area contributed by atoms with Crippen molar-refractivity contribution in [2.24, 2.45) is 5.14 Å². The molecule has 0 saturated carbocycles. The summed E-state index contributed by atoms with van der Waals surface area (Å²) in [6.45, 7) is 2.26. The molecule has 0 aliphatic carbocycles. The number of carbonyl (C=O) groups excluding carboxylic acids is 1. The number of thiophene rings is 1. The molecule has 5 nitrogen and oxygen atoms in total. The molecule has 0 radical (unpaired) electrons. The van der Waals surface area contributed by atoms with Gasteiger partial charge in [-0.15, -0.1) is 11.3 Å². The van der Waals surface area contributed by atoms with Crippen molar-refractivity contribution in [1.29, 1.82) is 0 Å². The van der Waals surface area contributed by atoms with Crippen LogP contribution in [0.5, 0.6) is 0 Å². The maximum atomic E-state index is 11.9. The zero-order valence-corrected chi connectivity index (χ0v) is 13.1. The number of aryl methyl sites for hydroxylation is 1. The molecule has 0 saturated heterocycles. The lowest BCUT2D eigenvalue weighted by Crippen LogP contribution is -2.24. The maximum absolute atomic E-state index is 11.9. The smallest absolute Gasteiger partial charge is 0.247 e. The monoisotopic (exact) mass is 324 g/mol. The number of amides is 1. The van der Waals surface area contributed by atoms with Crippen LogP contribution in [0.1, 0.15) is 16.0 Å². The predicted octanol–water partition coefficient (Wildman–Crippen LogP) is 1.56. The van der Waals surface area contributed by atoms with Gasteiger partial charge in [-0.2, -0.15) is 0 Å². The van der Waals surface area contributed by atoms with Gasteiger partial charge in [-0.1, -0.05) is 24.3 Å². The molecule has 1 aromatic carbocycles. The molecule has 21 heavy (non-hydrogen) atoms. The van der Waals surface area contributed by atoms with Crippen molar-refractivity contribution in [2.45, 2.75) is 24.1 Å². The van der Waals surface area contributed by atoms with Crippen LogP contribution in [-0.2, 0) is 27.8 Å². The molecular weight excluding hydrogens is 308 g/mol. The third-order valence-corrected chi connectivity index (χ3v) is 5.51. The highest BCUT2D eigenvalue weighted by atomic mass is 32.2. The molecule has 0 aliphatic rings. The Morgan fingerprint density at radius 1 is 1.24 bits per heavy atom. The van der Waals surface area contributed by atoms with Crippen LogP contribution in [0.4, 0.5) is 0 Å². The van der Waals surface area contributed by atoms with Crippen LogP contribution in [-0.4, -0.2) is 14.3 Å². The van der Waals surface area contributed by atoms with E-state index in [9.17, 15) is 13.2 Å². The van der Waals surface area contributed by atoms with Crippen LogP contribution in [0.25, 0.3) is 0 Å². The molecular formula is C14H16N2O3S2. The van der Waals surface area contributed by atoms with Crippen molar-refractivity contribution in [1.82, 2.24) is 5.32 Å². The van der Waals surface area contributed by atoms with Gasteiger partial charge in [0.2, 0.25) is 15.9 Å². The number of primary sulfonamides is 1. The minimum absolute atomic E-state index is 0.102. The van der Waals surface area contributed by atoms with Gasteiger partial charge in [0.1, 0.15) is 4.21 Å². The Morgan fingerprint density at radius 3 is 2.57 bits per heavy atom. The van der Waals surface area contributed by atoms with E-state index in [1.54, 1.807) is 6.07 Å². The SMILES string of the molecule is Cc1ccccc1CC(=O)NCc1ccc(S(N)(=O)=O)s1. The van der Waals surface area contributed by atoms with Gasteiger partial charge in [0.15, 0.2) is 0 Å². The number of carbonyl (C=O) groups is 1. The molecule has 1 amide bonds. The molecule has 0 bridgehead atoms. The normalized spacial score (nSPS) is 11.3. The van der Waals surface area contributed by atoms with Crippen LogP contribution in [0.2, 0.25) is 0 Å². The summed E-state index contributed by atoms with van der Waals surface area (Å²) >= 11 is 1.06. The van der Waals surface area contributed by atoms with Gasteiger partial charge in [-0.05, 0) is 30.2 Å². The summed E-state index contributed by atoms with van der Waals surface area (Å²) in [6.07, 6.45) is 0.306. The van der Waals surface area contributed by atoms with Crippen LogP contribution in [0.15, 0.2) is 40.6 Å². The van der Waals surface area contributed by atoms with E-state index in [2.05, 4.69) is 5.32 Å². The molecule has 112 valence electrons. The second-order valence-corrected chi connectivity index (χ2v) is 7.60. The number of hydrogen-bond donors (Lipinski definition) is 2. The molecule has 0 aliphatic heterocycles. The standard InChI is InChI=1S/C14H16N2O3S2/c1-10-4-2-3-5-11(10)8-13(17)16-9-12-6-7-14(20-12)21(15,18)19/h2-7H,8-9H2,1H3,(H,16,17)(H2,15,18,19). The molecule has 0 atom stereocenters. The summed E-state index contributed by atoms with van der Waals surface area (Å²) in [5.41, 5.74) is 2.05. The molecule has 0 fully saturated rings. The molecule has 0 spiro atoms. The van der Waals surface area contributed by atoms with Crippen LogP contribution in [0.3, 0.4) is 0 Å². The third kappa shape index (κ3) is 4.38. The minimum atomic E-state index is -3.67. The van der Waals surface area contributed by atoms with Crippen molar-refractivity contribution < 1.29 is 13.2 Å². The van der Waals surface area contributed by atoms with Gasteiger partial charge < -0.3 is 5.32 Å². The van der Waals surface area contributed by atoms with E-state index >= 15 is 0 Å². The van der Waals surface area contributed by atoms with E-state index < -0.39 is 10.0 Å². The highest BCUT2D eigenvalue weighted by Gasteiger charge is 2.12. The Hall–Kier alpha value is -1.70. The summed E-state index contributed by atoms with van der Waals surface area (Å²) in [7, 11) is -3.67. The Kier molecular flexibility index (Phi) is 4.76. The van der Waals surface area contributed by atoms with E-state index in [0.29, 0.717) is 13.0 Å². The highest BCUT2D eigenvalue weighted by Crippen LogP contribution is 2.20. The molecule has 7 heteroatoms. The van der Waals surface area contributed by atoms with Crippen molar-refractivity contribution in [3.05, 3.63) is 52.4 Å². The average Bonchev–Trinajstić information content (AvgIpc) is 2.88. The highest BCUT2D eigenvalue weighted by molar-refractivity contribution is 7.91. The Bertz CT molecular complexity index is 751. The van der Waals surface area contributed by atoms with E-state index in [1.807, 2.05) is 31.2 Å². The number of hydrogen-bond acceptors (Lipinski definition) is 4. The first-order valence-electron chi connectivity index (χ1n) is 6.29. The summed E-state index contributed by atoms with van der Waals surface area (Å²) in [4.78, 5) is 12.6. The zero-order chi connectivity index (χ0) is 15.5. The predicted molar refractivity (Wildman–Crippen MR) is 82.4 cm³/mol. The zero-order valence-electron chi connectivity index (χ0n) is 11.5. The second kappa shape index (κ2) is 6.38. The minimum Gasteiger partial charge on any atom is -0.351 e. The van der Waals surface area contributed by atoms with Crippen molar-refractivity contribution in [3.8, 4) is 0 Å². The number of benzene rings is 1. The van der Waals surface area contributed by atoms with Gasteiger partial charge in [-0.3, -0.25) is 4.79 Å². The van der Waals surface area contributed by atoms with Crippen molar-refractivity contribution in [2.75, 3.05) is 0 Å². The Labute approximate surface area is 127 Å². The topological polar surface area (TPSA) is 89.3 Å². The van der Waals surface area contributed by atoms with Crippen molar-refractivity contribution >= 4 is 27.3 Å². The second-order valence-electron chi connectivity index (χ2n) is 4.65. The Morgan fingerprint density at radius 2 is 1.95 bits per heavy atom. The lowest BCUT2D eigenvalue weighted by molar-refractivity contribution is -0.120. The summed E-state index contributed by atoms with van der Waals surface area (Å²) in [6, 6.07) is 10.8. The van der Waals surface area contributed by atoms with Crippen LogP contribution in [0, 0.1) is 6.92 Å². The molecule has 1 aromatic heterocycles. The summed E-state index contributed by atoms with van der Waals surface area (Å²) in [5, 5.41) is 7.82. The fourth-order valence-corrected chi connectivity index (χ4v) is 3.55. The summed E-state index contributed by atoms with van der Waals surface area (Å²) in [5.74, 6) is -0.102. The van der Waals surface area contributed by atoms with E-state index in [0.717, 1.165) is 27.3 Å². The van der Waals surface area contributed by atoms with Crippen LogP contribution < -0.4 is 10.5 Å². The molecule has 3 N–H and O–H groups in total. The first-order chi connectivity index (χ1) is 9.86. The lowest BCUT2D eigenvalue weighted by Gasteiger charge is -2.06. The molecule has 0 unspecified atom stereocenters. The fraction of sp³-hybridized carbons (Fsp3) is 0.214. The van der Waals surface area contributed by atoms with Crippen LogP contribution >= 0.6 is 11.3 Å². The molecule has 1 heterocycles. The van der Waals surface area contributed by atoms with Gasteiger partial charge >= 0.3 is 0 Å². The number of sulfonamides is 1.